The molecule has 2 N–H and O–H groups in total. The van der Waals surface area contributed by atoms with Gasteiger partial charge in [0.25, 0.3) is 0 Å². The molecule has 0 aliphatic rings. The highest BCUT2D eigenvalue weighted by Gasteiger charge is 2.09. The summed E-state index contributed by atoms with van der Waals surface area (Å²) in [6.45, 7) is 5.65. The zero-order chi connectivity index (χ0) is 20.8. The van der Waals surface area contributed by atoms with Gasteiger partial charge in [0.15, 0.2) is 0 Å². The van der Waals surface area contributed by atoms with Gasteiger partial charge in [0.05, 0.1) is 5.25 Å². The standard InChI is InChI=1S/C19H38O2S.C3H6O2/c1-3-4-5-6-7-8-9-10-11-12-13-14-15-16-17-22-18(2)19(20)21;1-2-3(4)5/h18H,3-17H2,1-2H3,(H,20,21);2H2,1H3,(H,4,5). The van der Waals surface area contributed by atoms with Gasteiger partial charge in [0.2, 0.25) is 0 Å². The molecule has 0 rings (SSSR count). The number of hydrogen-bond donors (Lipinski definition) is 2. The first kappa shape index (κ1) is 28.5. The molecule has 0 bridgehead atoms. The fourth-order valence-corrected chi connectivity index (χ4v) is 3.49. The van der Waals surface area contributed by atoms with E-state index in [4.69, 9.17) is 10.2 Å². The van der Waals surface area contributed by atoms with Gasteiger partial charge < -0.3 is 10.2 Å². The second kappa shape index (κ2) is 23.3. The first-order chi connectivity index (χ1) is 13.0. The molecule has 162 valence electrons. The molecule has 0 aromatic heterocycles. The Kier molecular flexibility index (Phi) is 24.6. The van der Waals surface area contributed by atoms with E-state index < -0.39 is 11.9 Å². The third-order valence-electron chi connectivity index (χ3n) is 4.52. The summed E-state index contributed by atoms with van der Waals surface area (Å²) in [6, 6.07) is 0. The molecule has 0 amide bonds. The van der Waals surface area contributed by atoms with Crippen LogP contribution in [0.25, 0.3) is 0 Å². The molecule has 0 fully saturated rings. The lowest BCUT2D eigenvalue weighted by Crippen LogP contribution is -2.11. The van der Waals surface area contributed by atoms with Crippen LogP contribution in [-0.4, -0.2) is 33.2 Å². The van der Waals surface area contributed by atoms with Crippen molar-refractivity contribution in [2.75, 3.05) is 5.75 Å². The average Bonchev–Trinajstić information content (AvgIpc) is 2.65. The third-order valence-corrected chi connectivity index (χ3v) is 5.74. The average molecular weight is 405 g/mol. The molecule has 4 nitrogen and oxygen atoms in total. The second-order valence-corrected chi connectivity index (χ2v) is 8.64. The summed E-state index contributed by atoms with van der Waals surface area (Å²) in [4.78, 5) is 20.0. The van der Waals surface area contributed by atoms with Crippen LogP contribution in [-0.2, 0) is 9.59 Å². The summed E-state index contributed by atoms with van der Waals surface area (Å²) >= 11 is 1.57. The molecule has 0 aromatic carbocycles. The molecule has 1 atom stereocenters. The zero-order valence-electron chi connectivity index (χ0n) is 18.0. The number of carboxylic acid groups (broad SMARTS) is 2. The van der Waals surface area contributed by atoms with Crippen molar-refractivity contribution < 1.29 is 19.8 Å². The number of hydrogen-bond acceptors (Lipinski definition) is 3. The van der Waals surface area contributed by atoms with Crippen molar-refractivity contribution >= 4 is 23.7 Å². The van der Waals surface area contributed by atoms with E-state index in [1.54, 1.807) is 25.6 Å². The van der Waals surface area contributed by atoms with E-state index >= 15 is 0 Å². The summed E-state index contributed by atoms with van der Waals surface area (Å²) in [5, 5.41) is 16.3. The van der Waals surface area contributed by atoms with E-state index in [2.05, 4.69) is 6.92 Å². The summed E-state index contributed by atoms with van der Waals surface area (Å²) < 4.78 is 0. The molecule has 5 heteroatoms. The monoisotopic (exact) mass is 404 g/mol. The van der Waals surface area contributed by atoms with Crippen molar-refractivity contribution in [2.45, 2.75) is 122 Å². The summed E-state index contributed by atoms with van der Waals surface area (Å²) in [6.07, 6.45) is 19.4. The van der Waals surface area contributed by atoms with Gasteiger partial charge >= 0.3 is 11.9 Å². The molecular weight excluding hydrogens is 360 g/mol. The third kappa shape index (κ3) is 27.6. The first-order valence-corrected chi connectivity index (χ1v) is 12.1. The highest BCUT2D eigenvalue weighted by atomic mass is 32.2. The van der Waals surface area contributed by atoms with Gasteiger partial charge in [-0.15, -0.1) is 11.8 Å². The van der Waals surface area contributed by atoms with Crippen LogP contribution in [0, 0.1) is 0 Å². The Morgan fingerprint density at radius 1 is 0.704 bits per heavy atom. The minimum Gasteiger partial charge on any atom is -0.481 e. The Hall–Kier alpha value is -0.710. The minimum atomic E-state index is -0.745. The zero-order valence-corrected chi connectivity index (χ0v) is 18.8. The Morgan fingerprint density at radius 2 is 1.04 bits per heavy atom. The van der Waals surface area contributed by atoms with Crippen LogP contribution >= 0.6 is 11.8 Å². The highest BCUT2D eigenvalue weighted by molar-refractivity contribution is 8.00. The van der Waals surface area contributed by atoms with E-state index in [1.807, 2.05) is 0 Å². The van der Waals surface area contributed by atoms with E-state index in [0.29, 0.717) is 0 Å². The number of aliphatic carboxylic acids is 2. The molecule has 27 heavy (non-hydrogen) atoms. The van der Waals surface area contributed by atoms with Crippen LogP contribution in [0.15, 0.2) is 0 Å². The highest BCUT2D eigenvalue weighted by Crippen LogP contribution is 2.16. The van der Waals surface area contributed by atoms with E-state index in [-0.39, 0.29) is 11.7 Å². The topological polar surface area (TPSA) is 74.6 Å². The predicted octanol–water partition coefficient (Wildman–Crippen LogP) is 7.16. The lowest BCUT2D eigenvalue weighted by molar-refractivity contribution is -0.137. The van der Waals surface area contributed by atoms with Gasteiger partial charge in [0, 0.05) is 6.42 Å². The molecule has 0 aliphatic carbocycles. The molecular formula is C22H44O4S. The molecule has 0 saturated carbocycles. The van der Waals surface area contributed by atoms with E-state index in [0.717, 1.165) is 5.75 Å². The molecule has 0 aromatic rings. The lowest BCUT2D eigenvalue weighted by atomic mass is 10.0. The number of rotatable bonds is 18. The van der Waals surface area contributed by atoms with Crippen LogP contribution in [0.1, 0.15) is 117 Å². The first-order valence-electron chi connectivity index (χ1n) is 11.0. The molecule has 0 heterocycles. The van der Waals surface area contributed by atoms with Crippen LogP contribution in [0.5, 0.6) is 0 Å². The number of thioether (sulfide) groups is 1. The van der Waals surface area contributed by atoms with Gasteiger partial charge in [-0.2, -0.15) is 0 Å². The molecule has 0 aliphatic heterocycles. The van der Waals surface area contributed by atoms with Crippen molar-refractivity contribution in [1.82, 2.24) is 0 Å². The van der Waals surface area contributed by atoms with Gasteiger partial charge in [-0.05, 0) is 19.1 Å². The second-order valence-electron chi connectivity index (χ2n) is 7.19. The van der Waals surface area contributed by atoms with Crippen molar-refractivity contribution in [1.29, 1.82) is 0 Å². The van der Waals surface area contributed by atoms with Crippen LogP contribution in [0.2, 0.25) is 0 Å². The van der Waals surface area contributed by atoms with Crippen molar-refractivity contribution in [3.05, 3.63) is 0 Å². The Bertz CT molecular complexity index is 334. The minimum absolute atomic E-state index is 0.222. The largest absolute Gasteiger partial charge is 0.481 e. The number of carbonyl (C=O) groups is 2. The fraction of sp³-hybridized carbons (Fsp3) is 0.909. The molecule has 0 saturated heterocycles. The Balaban J connectivity index is 0. The fourth-order valence-electron chi connectivity index (χ4n) is 2.63. The Labute approximate surface area is 171 Å². The number of unbranched alkanes of at least 4 members (excludes halogenated alkanes) is 13. The summed E-state index contributed by atoms with van der Waals surface area (Å²) in [5.74, 6) is -0.439. The van der Waals surface area contributed by atoms with Crippen LogP contribution in [0.4, 0.5) is 0 Å². The maximum absolute atomic E-state index is 10.7. The molecule has 0 radical (unpaired) electrons. The smallest absolute Gasteiger partial charge is 0.316 e. The lowest BCUT2D eigenvalue weighted by Gasteiger charge is -2.05. The van der Waals surface area contributed by atoms with Crippen molar-refractivity contribution in [2.24, 2.45) is 0 Å². The summed E-state index contributed by atoms with van der Waals surface area (Å²) in [5.41, 5.74) is 0. The van der Waals surface area contributed by atoms with Gasteiger partial charge in [-0.1, -0.05) is 97.3 Å². The Morgan fingerprint density at radius 3 is 1.33 bits per heavy atom. The quantitative estimate of drug-likeness (QED) is 0.237. The van der Waals surface area contributed by atoms with Gasteiger partial charge in [-0.3, -0.25) is 9.59 Å². The van der Waals surface area contributed by atoms with Crippen LogP contribution < -0.4 is 0 Å². The predicted molar refractivity (Wildman–Crippen MR) is 118 cm³/mol. The normalized spacial score (nSPS) is 11.5. The van der Waals surface area contributed by atoms with E-state index in [1.165, 1.54) is 89.9 Å². The summed E-state index contributed by atoms with van der Waals surface area (Å²) in [7, 11) is 0. The maximum Gasteiger partial charge on any atom is 0.316 e. The molecule has 1 unspecified atom stereocenters. The SMILES string of the molecule is CCC(=O)O.CCCCCCCCCCCCCCCCSC(C)C(=O)O. The van der Waals surface area contributed by atoms with Crippen molar-refractivity contribution in [3.63, 3.8) is 0 Å². The van der Waals surface area contributed by atoms with Crippen molar-refractivity contribution in [3.8, 4) is 0 Å². The molecule has 0 spiro atoms. The maximum atomic E-state index is 10.7. The van der Waals surface area contributed by atoms with E-state index in [9.17, 15) is 9.59 Å². The number of carboxylic acids is 2. The van der Waals surface area contributed by atoms with Gasteiger partial charge in [0.1, 0.15) is 0 Å². The van der Waals surface area contributed by atoms with Crippen LogP contribution in [0.3, 0.4) is 0 Å². The van der Waals surface area contributed by atoms with Gasteiger partial charge in [-0.25, -0.2) is 0 Å².